The van der Waals surface area contributed by atoms with Crippen molar-refractivity contribution >= 4 is 5.96 Å². The van der Waals surface area contributed by atoms with Gasteiger partial charge in [-0.15, -0.1) is 0 Å². The topological polar surface area (TPSA) is 83.7 Å². The van der Waals surface area contributed by atoms with Gasteiger partial charge in [-0.05, 0) is 31.2 Å². The van der Waals surface area contributed by atoms with Crippen LogP contribution in [-0.2, 0) is 11.3 Å². The van der Waals surface area contributed by atoms with Crippen LogP contribution in [0.5, 0.6) is 0 Å². The Morgan fingerprint density at radius 2 is 1.87 bits per heavy atom. The predicted octanol–water partition coefficient (Wildman–Crippen LogP) is 3.36. The second kappa shape index (κ2) is 10.6. The number of nitrogens with zero attached hydrogens (tertiary/aromatic N) is 2. The van der Waals surface area contributed by atoms with Crippen molar-refractivity contribution in [2.24, 2.45) is 4.99 Å². The third-order valence-electron chi connectivity index (χ3n) is 5.69. The van der Waals surface area contributed by atoms with Gasteiger partial charge in [0.25, 0.3) is 0 Å². The van der Waals surface area contributed by atoms with Gasteiger partial charge in [-0.3, -0.25) is 4.99 Å². The molecule has 0 saturated carbocycles. The van der Waals surface area contributed by atoms with E-state index < -0.39 is 0 Å². The van der Waals surface area contributed by atoms with E-state index in [0.29, 0.717) is 12.5 Å². The molecule has 3 rings (SSSR count). The van der Waals surface area contributed by atoms with Crippen molar-refractivity contribution in [1.29, 1.82) is 0 Å². The quantitative estimate of drug-likeness (QED) is 0.455. The summed E-state index contributed by atoms with van der Waals surface area (Å²) in [5, 5.41) is 14.8. The van der Waals surface area contributed by atoms with E-state index in [9.17, 15) is 0 Å². The molecule has 1 fully saturated rings. The van der Waals surface area contributed by atoms with Crippen molar-refractivity contribution in [3.05, 3.63) is 53.4 Å². The summed E-state index contributed by atoms with van der Waals surface area (Å²) in [4.78, 5) is 4.37. The lowest BCUT2D eigenvalue weighted by Gasteiger charge is -2.41. The summed E-state index contributed by atoms with van der Waals surface area (Å²) in [6.45, 7) is 9.26. The van der Waals surface area contributed by atoms with E-state index in [4.69, 9.17) is 9.26 Å². The fourth-order valence-electron chi connectivity index (χ4n) is 3.75. The van der Waals surface area contributed by atoms with E-state index >= 15 is 0 Å². The Bertz CT molecular complexity index is 797. The minimum absolute atomic E-state index is 0.0534. The molecule has 0 aliphatic carbocycles. The normalized spacial score (nSPS) is 17.7. The number of benzene rings is 1. The Labute approximate surface area is 179 Å². The zero-order chi connectivity index (χ0) is 21.4. The molecule has 1 aliphatic heterocycles. The first kappa shape index (κ1) is 22.3. The molecular weight excluding hydrogens is 378 g/mol. The van der Waals surface area contributed by atoms with Crippen molar-refractivity contribution < 1.29 is 9.26 Å². The van der Waals surface area contributed by atoms with Crippen LogP contribution in [0, 0.1) is 0 Å². The van der Waals surface area contributed by atoms with Crippen LogP contribution in [0.4, 0.5) is 0 Å². The minimum atomic E-state index is -0.0534. The van der Waals surface area contributed by atoms with Gasteiger partial charge in [0.15, 0.2) is 11.7 Å². The largest absolute Gasteiger partial charge is 0.381 e. The summed E-state index contributed by atoms with van der Waals surface area (Å²) in [7, 11) is 1.78. The molecule has 1 unspecified atom stereocenters. The Kier molecular flexibility index (Phi) is 7.87. The lowest BCUT2D eigenvalue weighted by Crippen LogP contribution is -2.58. The Balaban J connectivity index is 1.58. The zero-order valence-electron chi connectivity index (χ0n) is 18.6. The molecule has 164 valence electrons. The van der Waals surface area contributed by atoms with Gasteiger partial charge >= 0.3 is 0 Å². The summed E-state index contributed by atoms with van der Waals surface area (Å²) in [5.74, 6) is 1.90. The summed E-state index contributed by atoms with van der Waals surface area (Å²) in [6.07, 6.45) is 1.90. The van der Waals surface area contributed by atoms with Gasteiger partial charge in [-0.2, -0.15) is 0 Å². The van der Waals surface area contributed by atoms with Crippen molar-refractivity contribution in [1.82, 2.24) is 21.1 Å². The van der Waals surface area contributed by atoms with Crippen LogP contribution in [-0.4, -0.2) is 43.5 Å². The first-order chi connectivity index (χ1) is 14.5. The molecule has 0 radical (unpaired) electrons. The van der Waals surface area contributed by atoms with Crippen molar-refractivity contribution in [3.8, 4) is 0 Å². The highest BCUT2D eigenvalue weighted by Gasteiger charge is 2.34. The number of aromatic nitrogens is 1. The van der Waals surface area contributed by atoms with Crippen LogP contribution in [0.2, 0.25) is 0 Å². The van der Waals surface area contributed by atoms with Crippen molar-refractivity contribution in [2.45, 2.75) is 57.7 Å². The van der Waals surface area contributed by atoms with Gasteiger partial charge in [-0.1, -0.05) is 49.3 Å². The molecule has 7 nitrogen and oxygen atoms in total. The SMILES string of the molecule is CN=C(NCc1cc(C(C)C)no1)NCC1(NC(C)c2ccccc2)CCOCC1. The monoisotopic (exact) mass is 413 g/mol. The van der Waals surface area contributed by atoms with Gasteiger partial charge in [0, 0.05) is 44.5 Å². The van der Waals surface area contributed by atoms with Crippen LogP contribution in [0.15, 0.2) is 45.9 Å². The minimum Gasteiger partial charge on any atom is -0.381 e. The third kappa shape index (κ3) is 6.06. The molecule has 1 aliphatic rings. The predicted molar refractivity (Wildman–Crippen MR) is 120 cm³/mol. The molecule has 0 spiro atoms. The molecule has 1 atom stereocenters. The number of hydrogen-bond donors (Lipinski definition) is 3. The van der Waals surface area contributed by atoms with Gasteiger partial charge in [0.2, 0.25) is 0 Å². The zero-order valence-corrected chi connectivity index (χ0v) is 18.6. The van der Waals surface area contributed by atoms with Crippen LogP contribution in [0.3, 0.4) is 0 Å². The molecule has 2 aromatic rings. The smallest absolute Gasteiger partial charge is 0.191 e. The van der Waals surface area contributed by atoms with Gasteiger partial charge in [0.05, 0.1) is 12.2 Å². The number of nitrogens with one attached hydrogen (secondary N) is 3. The van der Waals surface area contributed by atoms with E-state index in [1.165, 1.54) is 5.56 Å². The van der Waals surface area contributed by atoms with Crippen LogP contribution in [0.25, 0.3) is 0 Å². The Morgan fingerprint density at radius 3 is 2.50 bits per heavy atom. The lowest BCUT2D eigenvalue weighted by atomic mass is 9.88. The van der Waals surface area contributed by atoms with Gasteiger partial charge in [-0.25, -0.2) is 0 Å². The van der Waals surface area contributed by atoms with Crippen LogP contribution < -0.4 is 16.0 Å². The van der Waals surface area contributed by atoms with Crippen LogP contribution in [0.1, 0.15) is 62.6 Å². The standard InChI is InChI=1S/C23H35N5O2/c1-17(2)21-14-20(30-28-21)15-25-22(24-4)26-16-23(10-12-29-13-11-23)27-18(3)19-8-6-5-7-9-19/h5-9,14,17-18,27H,10-13,15-16H2,1-4H3,(H2,24,25,26). The van der Waals surface area contributed by atoms with Gasteiger partial charge < -0.3 is 25.2 Å². The maximum Gasteiger partial charge on any atom is 0.191 e. The highest BCUT2D eigenvalue weighted by molar-refractivity contribution is 5.79. The number of aliphatic imine (C=N–C) groups is 1. The average molecular weight is 414 g/mol. The molecule has 0 amide bonds. The lowest BCUT2D eigenvalue weighted by molar-refractivity contribution is 0.0355. The van der Waals surface area contributed by atoms with E-state index in [2.05, 4.69) is 77.2 Å². The third-order valence-corrected chi connectivity index (χ3v) is 5.69. The highest BCUT2D eigenvalue weighted by Crippen LogP contribution is 2.25. The number of ether oxygens (including phenoxy) is 1. The van der Waals surface area contributed by atoms with E-state index in [-0.39, 0.29) is 11.6 Å². The molecule has 1 saturated heterocycles. The molecule has 1 aromatic heterocycles. The number of rotatable bonds is 8. The van der Waals surface area contributed by atoms with Crippen molar-refractivity contribution in [2.75, 3.05) is 26.8 Å². The number of hydrogen-bond acceptors (Lipinski definition) is 5. The number of guanidine groups is 1. The summed E-state index contributed by atoms with van der Waals surface area (Å²) in [5.41, 5.74) is 2.20. The van der Waals surface area contributed by atoms with Crippen LogP contribution >= 0.6 is 0 Å². The molecule has 1 aromatic carbocycles. The summed E-state index contributed by atoms with van der Waals surface area (Å²) >= 11 is 0. The van der Waals surface area contributed by atoms with E-state index in [0.717, 1.165) is 50.0 Å². The maximum absolute atomic E-state index is 5.64. The molecule has 30 heavy (non-hydrogen) atoms. The second-order valence-electron chi connectivity index (χ2n) is 8.32. The van der Waals surface area contributed by atoms with Crippen molar-refractivity contribution in [3.63, 3.8) is 0 Å². The average Bonchev–Trinajstić information content (AvgIpc) is 3.25. The molecule has 7 heteroatoms. The fourth-order valence-corrected chi connectivity index (χ4v) is 3.75. The first-order valence-corrected chi connectivity index (χ1v) is 10.8. The molecule has 3 N–H and O–H groups in total. The molecule has 2 heterocycles. The fraction of sp³-hybridized carbons (Fsp3) is 0.565. The van der Waals surface area contributed by atoms with E-state index in [1.807, 2.05) is 6.07 Å². The Morgan fingerprint density at radius 1 is 1.13 bits per heavy atom. The summed E-state index contributed by atoms with van der Waals surface area (Å²) < 4.78 is 11.1. The second-order valence-corrected chi connectivity index (χ2v) is 8.32. The summed E-state index contributed by atoms with van der Waals surface area (Å²) in [6, 6.07) is 12.8. The maximum atomic E-state index is 5.64. The molecule has 0 bridgehead atoms. The van der Waals surface area contributed by atoms with Gasteiger partial charge in [0.1, 0.15) is 0 Å². The Hall–Kier alpha value is -2.38. The first-order valence-electron chi connectivity index (χ1n) is 10.8. The highest BCUT2D eigenvalue weighted by atomic mass is 16.5. The van der Waals surface area contributed by atoms with E-state index in [1.54, 1.807) is 7.05 Å². The molecular formula is C23H35N5O2.